The molecule has 0 radical (unpaired) electrons. The normalized spacial score (nSPS) is 17.7. The molecular formula is C14H16BF3O7S. The van der Waals surface area contributed by atoms with Crippen LogP contribution in [0.15, 0.2) is 18.2 Å². The predicted molar refractivity (Wildman–Crippen MR) is 84.5 cm³/mol. The smallest absolute Gasteiger partial charge is 0.465 e. The summed E-state index contributed by atoms with van der Waals surface area (Å²) in [5.74, 6) is -1.92. The molecule has 2 rings (SSSR count). The maximum Gasteiger partial charge on any atom is 0.534 e. The lowest BCUT2D eigenvalue weighted by Gasteiger charge is -2.33. The van der Waals surface area contributed by atoms with Crippen molar-refractivity contribution in [3.63, 3.8) is 0 Å². The van der Waals surface area contributed by atoms with E-state index in [2.05, 4.69) is 8.92 Å². The number of hydrogen-bond donors (Lipinski definition) is 0. The molecule has 1 fully saturated rings. The van der Waals surface area contributed by atoms with E-state index in [1.165, 1.54) is 12.1 Å². The van der Waals surface area contributed by atoms with Gasteiger partial charge in [0, 0.05) is 24.1 Å². The van der Waals surface area contributed by atoms with Crippen molar-refractivity contribution in [3.8, 4) is 5.75 Å². The maximum absolute atomic E-state index is 12.7. The summed E-state index contributed by atoms with van der Waals surface area (Å²) >= 11 is 0. The Hall–Kier alpha value is -1.79. The van der Waals surface area contributed by atoms with Crippen molar-refractivity contribution in [1.29, 1.82) is 0 Å². The van der Waals surface area contributed by atoms with Crippen LogP contribution in [0.1, 0.15) is 24.2 Å². The molecule has 1 heterocycles. The van der Waals surface area contributed by atoms with E-state index in [9.17, 15) is 26.4 Å². The van der Waals surface area contributed by atoms with Gasteiger partial charge in [0.2, 0.25) is 0 Å². The number of rotatable bonds is 4. The number of carbonyl (C=O) groups is 1. The van der Waals surface area contributed by atoms with E-state index >= 15 is 0 Å². The summed E-state index contributed by atoms with van der Waals surface area (Å²) in [7, 11) is -6.23. The Morgan fingerprint density at radius 2 is 1.81 bits per heavy atom. The Balaban J connectivity index is 2.50. The van der Waals surface area contributed by atoms with Crippen molar-refractivity contribution >= 4 is 28.7 Å². The van der Waals surface area contributed by atoms with Gasteiger partial charge in [0.05, 0.1) is 7.11 Å². The second-order valence-electron chi connectivity index (χ2n) is 6.32. The van der Waals surface area contributed by atoms with Crippen LogP contribution in [-0.2, 0) is 24.2 Å². The van der Waals surface area contributed by atoms with Crippen LogP contribution in [0.5, 0.6) is 5.75 Å². The molecule has 0 unspecified atom stereocenters. The maximum atomic E-state index is 12.7. The Bertz CT molecular complexity index is 782. The van der Waals surface area contributed by atoms with E-state index in [0.29, 0.717) is 0 Å². The third-order valence-electron chi connectivity index (χ3n) is 3.43. The van der Waals surface area contributed by atoms with Crippen LogP contribution in [0.3, 0.4) is 0 Å². The lowest BCUT2D eigenvalue weighted by molar-refractivity contribution is -0.0500. The highest BCUT2D eigenvalue weighted by Gasteiger charge is 2.50. The van der Waals surface area contributed by atoms with Crippen LogP contribution >= 0.6 is 0 Å². The van der Waals surface area contributed by atoms with E-state index in [0.717, 1.165) is 13.2 Å². The number of alkyl halides is 3. The molecule has 12 heteroatoms. The number of esters is 1. The summed E-state index contributed by atoms with van der Waals surface area (Å²) in [5, 5.41) is 0. The minimum atomic E-state index is -6.02. The summed E-state index contributed by atoms with van der Waals surface area (Å²) in [6, 6.07) is 3.64. The van der Waals surface area contributed by atoms with E-state index in [1.807, 2.05) is 13.8 Å². The third-order valence-corrected chi connectivity index (χ3v) is 4.39. The average Bonchev–Trinajstić information content (AvgIpc) is 2.53. The third kappa shape index (κ3) is 4.30. The van der Waals surface area contributed by atoms with Crippen molar-refractivity contribution in [2.75, 3.05) is 20.3 Å². The zero-order valence-corrected chi connectivity index (χ0v) is 14.9. The number of hydrogen-bond acceptors (Lipinski definition) is 7. The monoisotopic (exact) mass is 396 g/mol. The van der Waals surface area contributed by atoms with Gasteiger partial charge in [0.15, 0.2) is 5.75 Å². The Morgan fingerprint density at radius 1 is 1.23 bits per heavy atom. The molecule has 1 saturated heterocycles. The number of ether oxygens (including phenoxy) is 1. The molecule has 1 aromatic rings. The molecule has 0 saturated carbocycles. The van der Waals surface area contributed by atoms with E-state index in [4.69, 9.17) is 9.31 Å². The minimum absolute atomic E-state index is 0.170. The average molecular weight is 396 g/mol. The quantitative estimate of drug-likeness (QED) is 0.330. The lowest BCUT2D eigenvalue weighted by atomic mass is 9.74. The number of methoxy groups -OCH3 is 1. The minimum Gasteiger partial charge on any atom is -0.465 e. The van der Waals surface area contributed by atoms with Gasteiger partial charge in [0.1, 0.15) is 5.56 Å². The molecule has 0 aliphatic carbocycles. The first-order valence-corrected chi connectivity index (χ1v) is 8.74. The van der Waals surface area contributed by atoms with Crippen LogP contribution in [0.25, 0.3) is 0 Å². The van der Waals surface area contributed by atoms with Gasteiger partial charge < -0.3 is 18.2 Å². The van der Waals surface area contributed by atoms with Gasteiger partial charge in [-0.25, -0.2) is 4.79 Å². The first-order chi connectivity index (χ1) is 11.9. The van der Waals surface area contributed by atoms with Crippen molar-refractivity contribution in [3.05, 3.63) is 23.8 Å². The van der Waals surface area contributed by atoms with E-state index < -0.39 is 40.0 Å². The molecule has 0 spiro atoms. The van der Waals surface area contributed by atoms with E-state index in [1.54, 1.807) is 0 Å². The van der Waals surface area contributed by atoms with Gasteiger partial charge in [0.25, 0.3) is 0 Å². The van der Waals surface area contributed by atoms with Crippen LogP contribution < -0.4 is 9.65 Å². The van der Waals surface area contributed by atoms with Crippen molar-refractivity contribution in [2.45, 2.75) is 19.4 Å². The highest BCUT2D eigenvalue weighted by molar-refractivity contribution is 7.88. The fraction of sp³-hybridized carbons (Fsp3) is 0.500. The summed E-state index contributed by atoms with van der Waals surface area (Å²) in [6.45, 7) is 4.09. The Morgan fingerprint density at radius 3 is 2.31 bits per heavy atom. The number of halogens is 3. The summed E-state index contributed by atoms with van der Waals surface area (Å²) in [4.78, 5) is 11.8. The second kappa shape index (κ2) is 7.08. The van der Waals surface area contributed by atoms with Gasteiger partial charge in [-0.1, -0.05) is 26.0 Å². The first kappa shape index (κ1) is 20.5. The van der Waals surface area contributed by atoms with Crippen LogP contribution in [0.4, 0.5) is 13.2 Å². The van der Waals surface area contributed by atoms with Gasteiger partial charge in [-0.3, -0.25) is 0 Å². The molecule has 0 amide bonds. The number of para-hydroxylation sites is 1. The molecule has 1 aromatic carbocycles. The summed E-state index contributed by atoms with van der Waals surface area (Å²) in [5.41, 5.74) is -6.69. The molecule has 0 bridgehead atoms. The van der Waals surface area contributed by atoms with Crippen LogP contribution in [0, 0.1) is 5.41 Å². The molecule has 7 nitrogen and oxygen atoms in total. The largest absolute Gasteiger partial charge is 0.534 e. The van der Waals surface area contributed by atoms with Crippen LogP contribution in [0.2, 0.25) is 0 Å². The van der Waals surface area contributed by atoms with Gasteiger partial charge in [-0.05, 0) is 6.07 Å². The molecule has 144 valence electrons. The van der Waals surface area contributed by atoms with Crippen molar-refractivity contribution in [2.24, 2.45) is 5.41 Å². The van der Waals surface area contributed by atoms with Gasteiger partial charge in [-0.2, -0.15) is 21.6 Å². The number of carbonyl (C=O) groups excluding carboxylic acids is 1. The van der Waals surface area contributed by atoms with Crippen molar-refractivity contribution < 1.29 is 44.6 Å². The SMILES string of the molecule is COC(=O)c1cccc(B2OCC(C)(C)CO2)c1OS(=O)(=O)C(F)(F)F. The van der Waals surface area contributed by atoms with Crippen molar-refractivity contribution in [1.82, 2.24) is 0 Å². The Kier molecular flexibility index (Phi) is 5.59. The van der Waals surface area contributed by atoms with Crippen LogP contribution in [-0.4, -0.2) is 47.3 Å². The molecule has 1 aliphatic heterocycles. The Labute approximate surface area is 148 Å². The fourth-order valence-corrected chi connectivity index (χ4v) is 2.63. The molecule has 26 heavy (non-hydrogen) atoms. The van der Waals surface area contributed by atoms with Gasteiger partial charge in [-0.15, -0.1) is 0 Å². The second-order valence-corrected chi connectivity index (χ2v) is 7.85. The lowest BCUT2D eigenvalue weighted by Crippen LogP contribution is -2.48. The highest BCUT2D eigenvalue weighted by Crippen LogP contribution is 2.30. The zero-order chi connectivity index (χ0) is 19.8. The molecule has 0 atom stereocenters. The topological polar surface area (TPSA) is 88.1 Å². The standard InChI is InChI=1S/C14H16BF3O7S/c1-13(2)7-23-15(24-8-13)10-6-4-5-9(12(19)22-3)11(10)25-26(20,21)14(16,17)18/h4-6H,7-8H2,1-3H3. The fourth-order valence-electron chi connectivity index (χ4n) is 2.13. The summed E-state index contributed by atoms with van der Waals surface area (Å²) in [6.07, 6.45) is 0. The highest BCUT2D eigenvalue weighted by atomic mass is 32.2. The molecule has 0 N–H and O–H groups in total. The van der Waals surface area contributed by atoms with E-state index in [-0.39, 0.29) is 24.1 Å². The van der Waals surface area contributed by atoms with Gasteiger partial charge >= 0.3 is 28.7 Å². The first-order valence-electron chi connectivity index (χ1n) is 7.33. The predicted octanol–water partition coefficient (Wildman–Crippen LogP) is 1.47. The molecular weight excluding hydrogens is 380 g/mol. The number of benzene rings is 1. The molecule has 1 aliphatic rings. The zero-order valence-electron chi connectivity index (χ0n) is 14.1. The molecule has 0 aromatic heterocycles. The summed E-state index contributed by atoms with van der Waals surface area (Å²) < 4.78 is 80.7.